The maximum atomic E-state index is 14.6. The van der Waals surface area contributed by atoms with E-state index in [0.29, 0.717) is 37.9 Å². The molecule has 8 nitrogen and oxygen atoms in total. The molecule has 2 aliphatic rings. The SMILES string of the molecule is Cc1nc(N(C)C2CCCC2)sc1-c1nc(NC2CCN(S(C)(=O)=O)CC2)ncc1F. The summed E-state index contributed by atoms with van der Waals surface area (Å²) in [6, 6.07) is 0.534. The quantitative estimate of drug-likeness (QED) is 0.696. The third-order valence-corrected chi connectivity index (χ3v) is 8.73. The zero-order valence-electron chi connectivity index (χ0n) is 18.1. The predicted molar refractivity (Wildman–Crippen MR) is 122 cm³/mol. The summed E-state index contributed by atoms with van der Waals surface area (Å²) in [6.45, 7) is 2.79. The van der Waals surface area contributed by atoms with Gasteiger partial charge < -0.3 is 10.2 Å². The molecule has 1 saturated heterocycles. The summed E-state index contributed by atoms with van der Waals surface area (Å²) >= 11 is 1.46. The molecule has 0 radical (unpaired) electrons. The molecule has 1 aliphatic heterocycles. The number of hydrogen-bond acceptors (Lipinski definition) is 8. The Balaban J connectivity index is 1.50. The van der Waals surface area contributed by atoms with Crippen LogP contribution in [-0.2, 0) is 10.0 Å². The minimum Gasteiger partial charge on any atom is -0.351 e. The Bertz CT molecular complexity index is 1030. The Morgan fingerprint density at radius 1 is 1.19 bits per heavy atom. The van der Waals surface area contributed by atoms with E-state index in [1.54, 1.807) is 0 Å². The summed E-state index contributed by atoms with van der Waals surface area (Å²) in [5, 5.41) is 4.14. The molecule has 0 bridgehead atoms. The van der Waals surface area contributed by atoms with Gasteiger partial charge >= 0.3 is 0 Å². The van der Waals surface area contributed by atoms with Gasteiger partial charge in [-0.15, -0.1) is 0 Å². The largest absolute Gasteiger partial charge is 0.351 e. The van der Waals surface area contributed by atoms with Gasteiger partial charge in [0.1, 0.15) is 5.69 Å². The second-order valence-corrected chi connectivity index (χ2v) is 11.4. The van der Waals surface area contributed by atoms with Crippen molar-refractivity contribution in [2.45, 2.75) is 57.5 Å². The van der Waals surface area contributed by atoms with Crippen LogP contribution in [0.3, 0.4) is 0 Å². The van der Waals surface area contributed by atoms with Crippen LogP contribution in [0.25, 0.3) is 10.6 Å². The van der Waals surface area contributed by atoms with Crippen LogP contribution in [0.5, 0.6) is 0 Å². The van der Waals surface area contributed by atoms with Crippen LogP contribution in [0.2, 0.25) is 0 Å². The van der Waals surface area contributed by atoms with Crippen molar-refractivity contribution < 1.29 is 12.8 Å². The van der Waals surface area contributed by atoms with Gasteiger partial charge in [0.2, 0.25) is 16.0 Å². The minimum absolute atomic E-state index is 0.0444. The first kappa shape index (κ1) is 22.3. The molecule has 0 amide bonds. The molecule has 0 atom stereocenters. The van der Waals surface area contributed by atoms with Crippen molar-refractivity contribution in [3.8, 4) is 10.6 Å². The fourth-order valence-corrected chi connectivity index (χ4v) is 6.28. The van der Waals surface area contributed by atoms with E-state index in [0.717, 1.165) is 15.7 Å². The first-order valence-corrected chi connectivity index (χ1v) is 13.3. The maximum Gasteiger partial charge on any atom is 0.223 e. The Labute approximate surface area is 187 Å². The summed E-state index contributed by atoms with van der Waals surface area (Å²) in [5.74, 6) is -0.119. The lowest BCUT2D eigenvalue weighted by atomic mass is 10.1. The Morgan fingerprint density at radius 3 is 2.52 bits per heavy atom. The summed E-state index contributed by atoms with van der Waals surface area (Å²) in [5.41, 5.74) is 1.02. The lowest BCUT2D eigenvalue weighted by Crippen LogP contribution is -2.42. The van der Waals surface area contributed by atoms with E-state index in [2.05, 4.69) is 32.2 Å². The van der Waals surface area contributed by atoms with Crippen molar-refractivity contribution in [3.05, 3.63) is 17.7 Å². The molecule has 11 heteroatoms. The van der Waals surface area contributed by atoms with Crippen molar-refractivity contribution in [3.63, 3.8) is 0 Å². The zero-order chi connectivity index (χ0) is 22.2. The number of nitrogens with one attached hydrogen (secondary N) is 1. The van der Waals surface area contributed by atoms with Gasteiger partial charge in [-0.3, -0.25) is 0 Å². The summed E-state index contributed by atoms with van der Waals surface area (Å²) < 4.78 is 39.5. The number of thiazole rings is 1. The number of sulfonamides is 1. The Kier molecular flexibility index (Phi) is 6.45. The highest BCUT2D eigenvalue weighted by Gasteiger charge is 2.27. The number of piperidine rings is 1. The van der Waals surface area contributed by atoms with E-state index in [4.69, 9.17) is 0 Å². The molecule has 1 N–H and O–H groups in total. The van der Waals surface area contributed by atoms with Gasteiger partial charge in [-0.2, -0.15) is 0 Å². The van der Waals surface area contributed by atoms with Crippen LogP contribution in [0, 0.1) is 12.7 Å². The normalized spacial score (nSPS) is 19.1. The minimum atomic E-state index is -3.17. The molecule has 3 heterocycles. The second kappa shape index (κ2) is 8.95. The average Bonchev–Trinajstić information content (AvgIpc) is 3.39. The van der Waals surface area contributed by atoms with Gasteiger partial charge in [0.15, 0.2) is 10.9 Å². The first-order valence-electron chi connectivity index (χ1n) is 10.7. The van der Waals surface area contributed by atoms with Crippen LogP contribution >= 0.6 is 11.3 Å². The fourth-order valence-electron chi connectivity index (χ4n) is 4.31. The summed E-state index contributed by atoms with van der Waals surface area (Å²) in [4.78, 5) is 16.2. The number of nitrogens with zero attached hydrogens (tertiary/aromatic N) is 5. The average molecular weight is 469 g/mol. The molecule has 2 fully saturated rings. The summed E-state index contributed by atoms with van der Waals surface area (Å²) in [6.07, 6.45) is 8.53. The van der Waals surface area contributed by atoms with Crippen LogP contribution in [-0.4, -0.2) is 66.2 Å². The number of hydrogen-bond donors (Lipinski definition) is 1. The van der Waals surface area contributed by atoms with Crippen molar-refractivity contribution in [1.29, 1.82) is 0 Å². The molecule has 31 heavy (non-hydrogen) atoms. The van der Waals surface area contributed by atoms with Crippen molar-refractivity contribution in [2.75, 3.05) is 36.6 Å². The first-order chi connectivity index (χ1) is 14.7. The fraction of sp³-hybridized carbons (Fsp3) is 0.650. The molecule has 2 aromatic heterocycles. The molecule has 0 spiro atoms. The molecule has 4 rings (SSSR count). The molecular weight excluding hydrogens is 439 g/mol. The third-order valence-electron chi connectivity index (χ3n) is 6.17. The zero-order valence-corrected chi connectivity index (χ0v) is 19.8. The Morgan fingerprint density at radius 2 is 1.87 bits per heavy atom. The van der Waals surface area contributed by atoms with Crippen molar-refractivity contribution in [2.24, 2.45) is 0 Å². The van der Waals surface area contributed by atoms with Crippen molar-refractivity contribution >= 4 is 32.4 Å². The third kappa shape index (κ3) is 4.98. The van der Waals surface area contributed by atoms with Gasteiger partial charge in [0.05, 0.1) is 23.0 Å². The molecule has 0 unspecified atom stereocenters. The molecular formula is C20H29FN6O2S2. The number of aryl methyl sites for hydroxylation is 1. The lowest BCUT2D eigenvalue weighted by Gasteiger charge is -2.30. The topological polar surface area (TPSA) is 91.3 Å². The van der Waals surface area contributed by atoms with E-state index in [9.17, 15) is 12.8 Å². The van der Waals surface area contributed by atoms with E-state index in [1.165, 1.54) is 53.8 Å². The van der Waals surface area contributed by atoms with Gasteiger partial charge in [-0.1, -0.05) is 24.2 Å². The molecule has 2 aromatic rings. The number of aromatic nitrogens is 3. The van der Waals surface area contributed by atoms with Crippen LogP contribution < -0.4 is 10.2 Å². The number of halogens is 1. The van der Waals surface area contributed by atoms with Crippen LogP contribution in [0.15, 0.2) is 6.20 Å². The van der Waals surface area contributed by atoms with E-state index >= 15 is 0 Å². The van der Waals surface area contributed by atoms with Gasteiger partial charge in [0, 0.05) is 32.2 Å². The monoisotopic (exact) mass is 468 g/mol. The van der Waals surface area contributed by atoms with Gasteiger partial charge in [-0.05, 0) is 32.6 Å². The van der Waals surface area contributed by atoms with Crippen LogP contribution in [0.4, 0.5) is 15.5 Å². The highest BCUT2D eigenvalue weighted by Crippen LogP contribution is 2.37. The highest BCUT2D eigenvalue weighted by atomic mass is 32.2. The van der Waals surface area contributed by atoms with Gasteiger partial charge in [0.25, 0.3) is 0 Å². The van der Waals surface area contributed by atoms with Crippen LogP contribution in [0.1, 0.15) is 44.2 Å². The second-order valence-electron chi connectivity index (χ2n) is 8.43. The maximum absolute atomic E-state index is 14.6. The standard InChI is InChI=1S/C20H29FN6O2S2/c1-13-18(30-20(23-13)26(2)15-6-4-5-7-15)17-16(21)12-22-19(25-17)24-14-8-10-27(11-9-14)31(3,28)29/h12,14-15H,4-11H2,1-3H3,(H,22,24,25). The lowest BCUT2D eigenvalue weighted by molar-refractivity contribution is 0.331. The Hall–Kier alpha value is -1.85. The molecule has 1 saturated carbocycles. The van der Waals surface area contributed by atoms with E-state index in [-0.39, 0.29) is 11.7 Å². The van der Waals surface area contributed by atoms with E-state index < -0.39 is 15.8 Å². The number of anilines is 2. The predicted octanol–water partition coefficient (Wildman–Crippen LogP) is 3.26. The molecule has 0 aromatic carbocycles. The number of rotatable bonds is 6. The van der Waals surface area contributed by atoms with E-state index in [1.807, 2.05) is 6.92 Å². The summed E-state index contributed by atoms with van der Waals surface area (Å²) in [7, 11) is -1.11. The molecule has 1 aliphatic carbocycles. The highest BCUT2D eigenvalue weighted by molar-refractivity contribution is 7.88. The van der Waals surface area contributed by atoms with Crippen molar-refractivity contribution in [1.82, 2.24) is 19.3 Å². The smallest absolute Gasteiger partial charge is 0.223 e. The van der Waals surface area contributed by atoms with Gasteiger partial charge in [-0.25, -0.2) is 32.1 Å². The molecule has 170 valence electrons.